The van der Waals surface area contributed by atoms with Crippen LogP contribution in [0.4, 0.5) is 5.13 Å². The van der Waals surface area contributed by atoms with Crippen molar-refractivity contribution in [3.05, 3.63) is 41.2 Å². The van der Waals surface area contributed by atoms with E-state index in [4.69, 9.17) is 0 Å². The van der Waals surface area contributed by atoms with Crippen LogP contribution in [0.5, 0.6) is 0 Å². The van der Waals surface area contributed by atoms with E-state index in [0.717, 1.165) is 11.3 Å². The van der Waals surface area contributed by atoms with Gasteiger partial charge in [0.25, 0.3) is 0 Å². The van der Waals surface area contributed by atoms with Crippen LogP contribution in [-0.4, -0.2) is 15.9 Å². The SMILES string of the molecule is CC(C)c1csc(NC(=O)Cc2cccnc2)n1. The average Bonchev–Trinajstić information content (AvgIpc) is 2.78. The van der Waals surface area contributed by atoms with Gasteiger partial charge in [0.1, 0.15) is 0 Å². The van der Waals surface area contributed by atoms with Crippen molar-refractivity contribution in [2.75, 3.05) is 5.32 Å². The van der Waals surface area contributed by atoms with E-state index < -0.39 is 0 Å². The minimum absolute atomic E-state index is 0.0624. The molecule has 1 amide bonds. The molecule has 1 N–H and O–H groups in total. The first-order valence-electron chi connectivity index (χ1n) is 5.79. The van der Waals surface area contributed by atoms with Crippen LogP contribution in [0.15, 0.2) is 29.9 Å². The topological polar surface area (TPSA) is 54.9 Å². The molecule has 2 rings (SSSR count). The normalized spacial score (nSPS) is 10.6. The molecule has 94 valence electrons. The standard InChI is InChI=1S/C13H15N3OS/c1-9(2)11-8-18-13(15-11)16-12(17)6-10-4-3-5-14-7-10/h3-5,7-9H,6H2,1-2H3,(H,15,16,17). The number of aromatic nitrogens is 2. The van der Waals surface area contributed by atoms with Crippen LogP contribution >= 0.6 is 11.3 Å². The van der Waals surface area contributed by atoms with E-state index >= 15 is 0 Å². The zero-order valence-electron chi connectivity index (χ0n) is 10.4. The molecular formula is C13H15N3OS. The van der Waals surface area contributed by atoms with E-state index in [9.17, 15) is 4.79 Å². The molecule has 0 aliphatic rings. The lowest BCUT2D eigenvalue weighted by Gasteiger charge is -2.01. The van der Waals surface area contributed by atoms with Crippen molar-refractivity contribution in [2.24, 2.45) is 0 Å². The number of anilines is 1. The summed E-state index contributed by atoms with van der Waals surface area (Å²) >= 11 is 1.46. The van der Waals surface area contributed by atoms with Gasteiger partial charge in [0.2, 0.25) is 5.91 Å². The molecule has 0 fully saturated rings. The Morgan fingerprint density at radius 3 is 2.94 bits per heavy atom. The van der Waals surface area contributed by atoms with Gasteiger partial charge in [0.15, 0.2) is 5.13 Å². The van der Waals surface area contributed by atoms with Gasteiger partial charge in [0.05, 0.1) is 12.1 Å². The summed E-state index contributed by atoms with van der Waals surface area (Å²) in [4.78, 5) is 20.1. The van der Waals surface area contributed by atoms with E-state index in [1.165, 1.54) is 11.3 Å². The second-order valence-electron chi connectivity index (χ2n) is 4.32. The number of carbonyl (C=O) groups excluding carboxylic acids is 1. The molecule has 0 unspecified atom stereocenters. The maximum Gasteiger partial charge on any atom is 0.230 e. The first-order valence-corrected chi connectivity index (χ1v) is 6.67. The third kappa shape index (κ3) is 3.37. The van der Waals surface area contributed by atoms with Crippen molar-refractivity contribution in [1.82, 2.24) is 9.97 Å². The first kappa shape index (κ1) is 12.7. The molecule has 2 aromatic heterocycles. The second-order valence-corrected chi connectivity index (χ2v) is 5.18. The van der Waals surface area contributed by atoms with Crippen LogP contribution in [0.3, 0.4) is 0 Å². The molecule has 4 nitrogen and oxygen atoms in total. The smallest absolute Gasteiger partial charge is 0.230 e. The summed E-state index contributed by atoms with van der Waals surface area (Å²) in [5.41, 5.74) is 1.91. The Balaban J connectivity index is 1.95. The highest BCUT2D eigenvalue weighted by atomic mass is 32.1. The lowest BCUT2D eigenvalue weighted by molar-refractivity contribution is -0.115. The molecule has 5 heteroatoms. The Morgan fingerprint density at radius 1 is 1.50 bits per heavy atom. The molecule has 0 aliphatic heterocycles. The summed E-state index contributed by atoms with van der Waals surface area (Å²) < 4.78 is 0. The van der Waals surface area contributed by atoms with Gasteiger partial charge in [0, 0.05) is 17.8 Å². The van der Waals surface area contributed by atoms with Crippen LogP contribution in [0.25, 0.3) is 0 Å². The first-order chi connectivity index (χ1) is 8.65. The zero-order chi connectivity index (χ0) is 13.0. The van der Waals surface area contributed by atoms with E-state index in [-0.39, 0.29) is 5.91 Å². The number of nitrogens with zero attached hydrogens (tertiary/aromatic N) is 2. The van der Waals surface area contributed by atoms with E-state index in [1.807, 2.05) is 17.5 Å². The third-order valence-electron chi connectivity index (χ3n) is 2.45. The fourth-order valence-corrected chi connectivity index (χ4v) is 2.35. The van der Waals surface area contributed by atoms with Crippen LogP contribution in [-0.2, 0) is 11.2 Å². The highest BCUT2D eigenvalue weighted by Crippen LogP contribution is 2.21. The lowest BCUT2D eigenvalue weighted by Crippen LogP contribution is -2.14. The third-order valence-corrected chi connectivity index (χ3v) is 3.22. The Kier molecular flexibility index (Phi) is 4.04. The number of hydrogen-bond acceptors (Lipinski definition) is 4. The summed E-state index contributed by atoms with van der Waals surface area (Å²) in [5, 5.41) is 5.44. The molecule has 0 aliphatic carbocycles. The lowest BCUT2D eigenvalue weighted by atomic mass is 10.2. The van der Waals surface area contributed by atoms with Crippen LogP contribution in [0.1, 0.15) is 31.0 Å². The fourth-order valence-electron chi connectivity index (χ4n) is 1.46. The van der Waals surface area contributed by atoms with Crippen LogP contribution in [0, 0.1) is 0 Å². The molecule has 2 aromatic rings. The molecular weight excluding hydrogens is 246 g/mol. The van der Waals surface area contributed by atoms with Gasteiger partial charge in [-0.3, -0.25) is 9.78 Å². The zero-order valence-corrected chi connectivity index (χ0v) is 11.2. The molecule has 0 bridgehead atoms. The number of rotatable bonds is 4. The van der Waals surface area contributed by atoms with Gasteiger partial charge in [-0.05, 0) is 17.5 Å². The van der Waals surface area contributed by atoms with Crippen molar-refractivity contribution in [2.45, 2.75) is 26.2 Å². The average molecular weight is 261 g/mol. The molecule has 0 saturated heterocycles. The van der Waals surface area contributed by atoms with Gasteiger partial charge in [-0.15, -0.1) is 11.3 Å². The Morgan fingerprint density at radius 2 is 2.33 bits per heavy atom. The summed E-state index contributed by atoms with van der Waals surface area (Å²) in [5.74, 6) is 0.317. The minimum atomic E-state index is -0.0624. The van der Waals surface area contributed by atoms with Crippen molar-refractivity contribution in [1.29, 1.82) is 0 Å². The molecule has 0 atom stereocenters. The van der Waals surface area contributed by atoms with Crippen LogP contribution in [0.2, 0.25) is 0 Å². The van der Waals surface area contributed by atoms with Crippen molar-refractivity contribution < 1.29 is 4.79 Å². The number of pyridine rings is 1. The van der Waals surface area contributed by atoms with E-state index in [2.05, 4.69) is 29.1 Å². The highest BCUT2D eigenvalue weighted by molar-refractivity contribution is 7.13. The number of thiazole rings is 1. The highest BCUT2D eigenvalue weighted by Gasteiger charge is 2.09. The monoisotopic (exact) mass is 261 g/mol. The number of nitrogens with one attached hydrogen (secondary N) is 1. The van der Waals surface area contributed by atoms with Gasteiger partial charge in [-0.25, -0.2) is 4.98 Å². The maximum absolute atomic E-state index is 11.8. The number of carbonyl (C=O) groups is 1. The van der Waals surface area contributed by atoms with Gasteiger partial charge in [-0.1, -0.05) is 19.9 Å². The largest absolute Gasteiger partial charge is 0.302 e. The summed E-state index contributed by atoms with van der Waals surface area (Å²) in [6.45, 7) is 4.16. The van der Waals surface area contributed by atoms with Gasteiger partial charge < -0.3 is 5.32 Å². The quantitative estimate of drug-likeness (QED) is 0.920. The molecule has 0 spiro atoms. The van der Waals surface area contributed by atoms with Gasteiger partial charge in [-0.2, -0.15) is 0 Å². The Labute approximate surface area is 110 Å². The molecule has 18 heavy (non-hydrogen) atoms. The van der Waals surface area contributed by atoms with Crippen LogP contribution < -0.4 is 5.32 Å². The molecule has 0 saturated carbocycles. The predicted octanol–water partition coefficient (Wildman–Crippen LogP) is 2.84. The summed E-state index contributed by atoms with van der Waals surface area (Å²) in [7, 11) is 0. The summed E-state index contributed by atoms with van der Waals surface area (Å²) in [6, 6.07) is 3.71. The van der Waals surface area contributed by atoms with Crippen molar-refractivity contribution in [3.63, 3.8) is 0 Å². The van der Waals surface area contributed by atoms with E-state index in [0.29, 0.717) is 17.5 Å². The van der Waals surface area contributed by atoms with Crippen molar-refractivity contribution >= 4 is 22.4 Å². The maximum atomic E-state index is 11.8. The minimum Gasteiger partial charge on any atom is -0.302 e. The molecule has 0 radical (unpaired) electrons. The van der Waals surface area contributed by atoms with E-state index in [1.54, 1.807) is 12.4 Å². The summed E-state index contributed by atoms with van der Waals surface area (Å²) in [6.07, 6.45) is 3.71. The Bertz CT molecular complexity index is 522. The molecule has 2 heterocycles. The number of hydrogen-bond donors (Lipinski definition) is 1. The number of amides is 1. The van der Waals surface area contributed by atoms with Crippen molar-refractivity contribution in [3.8, 4) is 0 Å². The fraction of sp³-hybridized carbons (Fsp3) is 0.308. The Hall–Kier alpha value is -1.75. The van der Waals surface area contributed by atoms with Gasteiger partial charge >= 0.3 is 0 Å². The second kappa shape index (κ2) is 5.73. The molecule has 0 aromatic carbocycles. The predicted molar refractivity (Wildman–Crippen MR) is 72.8 cm³/mol.